The van der Waals surface area contributed by atoms with Crippen molar-refractivity contribution >= 4 is 45.5 Å². The van der Waals surface area contributed by atoms with Crippen molar-refractivity contribution in [3.63, 3.8) is 0 Å². The topological polar surface area (TPSA) is 68.6 Å². The van der Waals surface area contributed by atoms with Crippen LogP contribution in [0.4, 0.5) is 11.4 Å². The minimum Gasteiger partial charge on any atom is -0.456 e. The molecule has 3 aromatic carbocycles. The maximum Gasteiger partial charge on any atom is 0.290 e. The van der Waals surface area contributed by atoms with Gasteiger partial charge in [0, 0.05) is 28.1 Å². The van der Waals surface area contributed by atoms with Crippen LogP contribution >= 0.6 is 23.2 Å². The summed E-state index contributed by atoms with van der Waals surface area (Å²) in [7, 11) is 0. The Morgan fingerprint density at radius 2 is 1.71 bits per heavy atom. The lowest BCUT2D eigenvalue weighted by molar-refractivity contribution is -0.384. The van der Waals surface area contributed by atoms with E-state index in [1.54, 1.807) is 30.3 Å². The van der Waals surface area contributed by atoms with Gasteiger partial charge in [0.25, 0.3) is 5.69 Å². The monoisotopic (exact) mass is 410 g/mol. The smallest absolute Gasteiger partial charge is 0.290 e. The van der Waals surface area contributed by atoms with Crippen LogP contribution in [0.25, 0.3) is 22.3 Å². The average molecular weight is 411 g/mol. The molecule has 7 heteroatoms. The van der Waals surface area contributed by atoms with E-state index in [0.717, 1.165) is 5.56 Å². The first-order valence-corrected chi connectivity index (χ1v) is 9.04. The van der Waals surface area contributed by atoms with E-state index in [2.05, 4.69) is 4.99 Å². The van der Waals surface area contributed by atoms with Crippen LogP contribution in [-0.2, 0) is 0 Å². The molecule has 28 heavy (non-hydrogen) atoms. The molecule has 0 unspecified atom stereocenters. The minimum atomic E-state index is -0.536. The van der Waals surface area contributed by atoms with Gasteiger partial charge in [0.15, 0.2) is 0 Å². The molecule has 0 fully saturated rings. The average Bonchev–Trinajstić information content (AvgIpc) is 2.70. The maximum atomic E-state index is 11.2. The Hall–Kier alpha value is -3.15. The Kier molecular flexibility index (Phi) is 4.86. The quantitative estimate of drug-likeness (QED) is 0.284. The summed E-state index contributed by atoms with van der Waals surface area (Å²) >= 11 is 12.0. The first kappa shape index (κ1) is 18.2. The summed E-state index contributed by atoms with van der Waals surface area (Å²) < 4.78 is 6.01. The fourth-order valence-corrected chi connectivity index (χ4v) is 3.19. The van der Waals surface area contributed by atoms with Gasteiger partial charge >= 0.3 is 0 Å². The van der Waals surface area contributed by atoms with Gasteiger partial charge in [0.2, 0.25) is 0 Å². The molecule has 4 rings (SSSR count). The molecule has 0 spiro atoms. The molecule has 0 amide bonds. The van der Waals surface area contributed by atoms with E-state index in [4.69, 9.17) is 27.6 Å². The fourth-order valence-electron chi connectivity index (χ4n) is 2.83. The van der Waals surface area contributed by atoms with Gasteiger partial charge in [-0.25, -0.2) is 4.99 Å². The van der Waals surface area contributed by atoms with Crippen molar-refractivity contribution in [2.45, 2.75) is 0 Å². The zero-order valence-corrected chi connectivity index (χ0v) is 15.8. The number of hydrogen-bond acceptors (Lipinski definition) is 4. The molecular weight excluding hydrogens is 399 g/mol. The molecule has 0 aliphatic carbocycles. The molecular formula is C21H12Cl2N2O3. The summed E-state index contributed by atoms with van der Waals surface area (Å²) in [6.07, 6.45) is 0. The van der Waals surface area contributed by atoms with Gasteiger partial charge in [-0.3, -0.25) is 10.1 Å². The van der Waals surface area contributed by atoms with Crippen molar-refractivity contribution in [1.82, 2.24) is 0 Å². The molecule has 0 bridgehead atoms. The number of hydrogen-bond donors (Lipinski definition) is 0. The van der Waals surface area contributed by atoms with E-state index in [-0.39, 0.29) is 10.7 Å². The molecule has 0 N–H and O–H groups in total. The van der Waals surface area contributed by atoms with E-state index in [1.807, 2.05) is 30.3 Å². The SMILES string of the molecule is O=[N+]([O-])c1cc(N=c2cc(-c3ccccc3)oc3ccc(Cl)cc23)ccc1Cl. The summed E-state index contributed by atoms with van der Waals surface area (Å²) in [6.45, 7) is 0. The highest BCUT2D eigenvalue weighted by Gasteiger charge is 2.13. The van der Waals surface area contributed by atoms with Crippen molar-refractivity contribution in [3.05, 3.63) is 98.3 Å². The summed E-state index contributed by atoms with van der Waals surface area (Å²) in [4.78, 5) is 15.2. The molecule has 0 aliphatic heterocycles. The van der Waals surface area contributed by atoms with Crippen molar-refractivity contribution in [3.8, 4) is 11.3 Å². The summed E-state index contributed by atoms with van der Waals surface area (Å²) in [6, 6.07) is 21.1. The second-order valence-corrected chi connectivity index (χ2v) is 6.85. The third kappa shape index (κ3) is 3.63. The molecule has 0 atom stereocenters. The van der Waals surface area contributed by atoms with Gasteiger partial charge in [-0.2, -0.15) is 0 Å². The summed E-state index contributed by atoms with van der Waals surface area (Å²) in [5.41, 5.74) is 1.70. The number of fused-ring (bicyclic) bond motifs is 1. The van der Waals surface area contributed by atoms with Gasteiger partial charge < -0.3 is 4.42 Å². The predicted octanol–water partition coefficient (Wildman–Crippen LogP) is 6.55. The number of nitro groups is 1. The Balaban J connectivity index is 1.99. The molecule has 5 nitrogen and oxygen atoms in total. The van der Waals surface area contributed by atoms with Crippen LogP contribution in [0.15, 0.2) is 82.2 Å². The Bertz CT molecular complexity index is 1270. The maximum absolute atomic E-state index is 11.2. The third-order valence-electron chi connectivity index (χ3n) is 4.14. The zero-order valence-electron chi connectivity index (χ0n) is 14.3. The molecule has 1 heterocycles. The normalized spacial score (nSPS) is 11.7. The van der Waals surface area contributed by atoms with Crippen LogP contribution in [0.2, 0.25) is 10.0 Å². The second-order valence-electron chi connectivity index (χ2n) is 6.01. The molecule has 0 aliphatic rings. The predicted molar refractivity (Wildman–Crippen MR) is 110 cm³/mol. The van der Waals surface area contributed by atoms with Crippen LogP contribution in [0.5, 0.6) is 0 Å². The molecule has 1 aromatic heterocycles. The second kappa shape index (κ2) is 7.46. The summed E-state index contributed by atoms with van der Waals surface area (Å²) in [5.74, 6) is 0.623. The lowest BCUT2D eigenvalue weighted by Crippen LogP contribution is -2.03. The van der Waals surface area contributed by atoms with Crippen LogP contribution in [0.3, 0.4) is 0 Å². The van der Waals surface area contributed by atoms with Gasteiger partial charge in [-0.05, 0) is 30.3 Å². The van der Waals surface area contributed by atoms with Crippen molar-refractivity contribution < 1.29 is 9.34 Å². The standard InChI is InChI=1S/C21H12Cl2N2O3/c22-14-6-9-20-16(10-14)18(12-21(28-20)13-4-2-1-3-5-13)24-15-7-8-17(23)19(11-15)25(26)27/h1-12H. The highest BCUT2D eigenvalue weighted by atomic mass is 35.5. The van der Waals surface area contributed by atoms with Gasteiger partial charge in [-0.1, -0.05) is 53.5 Å². The first-order chi connectivity index (χ1) is 13.5. The zero-order chi connectivity index (χ0) is 19.7. The van der Waals surface area contributed by atoms with Gasteiger partial charge in [0.05, 0.1) is 16.0 Å². The fraction of sp³-hybridized carbons (Fsp3) is 0. The Morgan fingerprint density at radius 3 is 2.46 bits per heavy atom. The number of nitro benzene ring substituents is 1. The van der Waals surface area contributed by atoms with Crippen molar-refractivity contribution in [2.75, 3.05) is 0 Å². The number of halogens is 2. The lowest BCUT2D eigenvalue weighted by atomic mass is 10.1. The Labute approximate surface area is 169 Å². The van der Waals surface area contributed by atoms with E-state index >= 15 is 0 Å². The molecule has 4 aromatic rings. The van der Waals surface area contributed by atoms with E-state index in [1.165, 1.54) is 12.1 Å². The van der Waals surface area contributed by atoms with Crippen LogP contribution < -0.4 is 5.36 Å². The number of benzene rings is 3. The summed E-state index contributed by atoms with van der Waals surface area (Å²) in [5, 5.41) is 13.0. The third-order valence-corrected chi connectivity index (χ3v) is 4.69. The van der Waals surface area contributed by atoms with Crippen LogP contribution in [-0.4, -0.2) is 4.92 Å². The molecule has 0 saturated heterocycles. The number of nitrogens with zero attached hydrogens (tertiary/aromatic N) is 2. The highest BCUT2D eigenvalue weighted by Crippen LogP contribution is 2.29. The van der Waals surface area contributed by atoms with Gasteiger partial charge in [0.1, 0.15) is 16.4 Å². The number of rotatable bonds is 3. The van der Waals surface area contributed by atoms with Crippen molar-refractivity contribution in [1.29, 1.82) is 0 Å². The van der Waals surface area contributed by atoms with Crippen LogP contribution in [0.1, 0.15) is 0 Å². The highest BCUT2D eigenvalue weighted by molar-refractivity contribution is 6.32. The molecule has 138 valence electrons. The molecule has 0 saturated carbocycles. The van der Waals surface area contributed by atoms with Crippen molar-refractivity contribution in [2.24, 2.45) is 4.99 Å². The van der Waals surface area contributed by atoms with E-state index in [9.17, 15) is 10.1 Å². The van der Waals surface area contributed by atoms with Crippen LogP contribution in [0, 0.1) is 10.1 Å². The lowest BCUT2D eigenvalue weighted by Gasteiger charge is -2.06. The molecule has 0 radical (unpaired) electrons. The minimum absolute atomic E-state index is 0.0601. The van der Waals surface area contributed by atoms with E-state index in [0.29, 0.717) is 32.8 Å². The van der Waals surface area contributed by atoms with E-state index < -0.39 is 4.92 Å². The van der Waals surface area contributed by atoms with Gasteiger partial charge in [-0.15, -0.1) is 0 Å². The largest absolute Gasteiger partial charge is 0.456 e. The first-order valence-electron chi connectivity index (χ1n) is 8.29. The Morgan fingerprint density at radius 1 is 0.929 bits per heavy atom.